The lowest BCUT2D eigenvalue weighted by molar-refractivity contribution is -0.167. The standard InChI is InChI=1S/C52H98O6/c1-4-7-10-13-16-19-22-25-26-28-31-34-37-40-43-46-52(55)58-49(47-56-50(53)44-41-38-35-32-29-24-21-18-15-12-9-6-3)48-57-51(54)45-42-39-36-33-30-27-23-20-17-14-11-8-5-2/h25-26,49H,4-24,27-48H2,1-3H3/b26-25-/t49-/m0/s1. The number of allylic oxidation sites excluding steroid dienone is 2. The minimum Gasteiger partial charge on any atom is -0.462 e. The van der Waals surface area contributed by atoms with Gasteiger partial charge in [0.15, 0.2) is 6.10 Å². The molecule has 0 fully saturated rings. The van der Waals surface area contributed by atoms with Crippen LogP contribution in [-0.4, -0.2) is 37.2 Å². The van der Waals surface area contributed by atoms with Crippen molar-refractivity contribution in [3.63, 3.8) is 0 Å². The Morgan fingerprint density at radius 2 is 0.569 bits per heavy atom. The summed E-state index contributed by atoms with van der Waals surface area (Å²) in [5.74, 6) is -0.861. The zero-order chi connectivity index (χ0) is 42.3. The molecule has 0 rings (SSSR count). The van der Waals surface area contributed by atoms with Crippen molar-refractivity contribution >= 4 is 17.9 Å². The minimum atomic E-state index is -0.767. The second kappa shape index (κ2) is 47.8. The van der Waals surface area contributed by atoms with E-state index in [0.29, 0.717) is 19.3 Å². The van der Waals surface area contributed by atoms with E-state index < -0.39 is 6.10 Å². The molecule has 0 N–H and O–H groups in total. The van der Waals surface area contributed by atoms with Gasteiger partial charge in [0.2, 0.25) is 0 Å². The second-order valence-electron chi connectivity index (χ2n) is 17.4. The lowest BCUT2D eigenvalue weighted by Crippen LogP contribution is -2.30. The van der Waals surface area contributed by atoms with Gasteiger partial charge in [0.1, 0.15) is 13.2 Å². The molecular formula is C52H98O6. The SMILES string of the molecule is CCCCCCCC/C=C\CCCCCCCC(=O)O[C@@H](COC(=O)CCCCCCCCCCCCCC)COC(=O)CCCCCCCCCCCCCCC. The van der Waals surface area contributed by atoms with Gasteiger partial charge in [-0.1, -0.05) is 232 Å². The molecule has 0 unspecified atom stereocenters. The number of rotatable bonds is 47. The molecule has 0 bridgehead atoms. The van der Waals surface area contributed by atoms with Crippen molar-refractivity contribution in [3.8, 4) is 0 Å². The molecule has 0 aliphatic carbocycles. The molecule has 0 aliphatic heterocycles. The van der Waals surface area contributed by atoms with Crippen LogP contribution in [0, 0.1) is 0 Å². The van der Waals surface area contributed by atoms with Crippen LogP contribution in [0.4, 0.5) is 0 Å². The Labute approximate surface area is 360 Å². The third-order valence-corrected chi connectivity index (χ3v) is 11.5. The average molecular weight is 819 g/mol. The van der Waals surface area contributed by atoms with Gasteiger partial charge in [0.25, 0.3) is 0 Å². The summed E-state index contributed by atoms with van der Waals surface area (Å²) in [6, 6.07) is 0. The summed E-state index contributed by atoms with van der Waals surface area (Å²) in [4.78, 5) is 37.9. The van der Waals surface area contributed by atoms with Crippen molar-refractivity contribution in [1.82, 2.24) is 0 Å². The largest absolute Gasteiger partial charge is 0.462 e. The summed E-state index contributed by atoms with van der Waals surface area (Å²) in [6.45, 7) is 6.65. The van der Waals surface area contributed by atoms with Crippen molar-refractivity contribution in [2.24, 2.45) is 0 Å². The van der Waals surface area contributed by atoms with Gasteiger partial charge in [0.05, 0.1) is 0 Å². The maximum absolute atomic E-state index is 12.8. The highest BCUT2D eigenvalue weighted by molar-refractivity contribution is 5.71. The van der Waals surface area contributed by atoms with Crippen LogP contribution < -0.4 is 0 Å². The summed E-state index contributed by atoms with van der Waals surface area (Å²) in [6.07, 6.45) is 51.9. The summed E-state index contributed by atoms with van der Waals surface area (Å²) in [5.41, 5.74) is 0. The van der Waals surface area contributed by atoms with Crippen LogP contribution >= 0.6 is 0 Å². The maximum Gasteiger partial charge on any atom is 0.306 e. The van der Waals surface area contributed by atoms with Crippen LogP contribution in [0.25, 0.3) is 0 Å². The molecule has 58 heavy (non-hydrogen) atoms. The van der Waals surface area contributed by atoms with Crippen molar-refractivity contribution in [2.45, 2.75) is 290 Å². The minimum absolute atomic E-state index is 0.0682. The molecule has 0 radical (unpaired) electrons. The van der Waals surface area contributed by atoms with Crippen LogP contribution in [-0.2, 0) is 28.6 Å². The number of carbonyl (C=O) groups is 3. The maximum atomic E-state index is 12.8. The summed E-state index contributed by atoms with van der Waals surface area (Å²) >= 11 is 0. The third kappa shape index (κ3) is 45.2. The van der Waals surface area contributed by atoms with E-state index in [-0.39, 0.29) is 31.1 Å². The molecule has 0 aromatic rings. The number of carbonyl (C=O) groups excluding carboxylic acids is 3. The lowest BCUT2D eigenvalue weighted by atomic mass is 10.0. The predicted molar refractivity (Wildman–Crippen MR) is 247 cm³/mol. The molecule has 0 heterocycles. The summed E-state index contributed by atoms with van der Waals surface area (Å²) < 4.78 is 16.8. The van der Waals surface area contributed by atoms with Gasteiger partial charge in [-0.2, -0.15) is 0 Å². The first-order valence-electron chi connectivity index (χ1n) is 25.7. The monoisotopic (exact) mass is 819 g/mol. The fourth-order valence-electron chi connectivity index (χ4n) is 7.61. The van der Waals surface area contributed by atoms with Crippen molar-refractivity contribution in [1.29, 1.82) is 0 Å². The van der Waals surface area contributed by atoms with E-state index in [0.717, 1.165) is 64.2 Å². The molecule has 0 amide bonds. The molecule has 1 atom stereocenters. The highest BCUT2D eigenvalue weighted by Crippen LogP contribution is 2.16. The van der Waals surface area contributed by atoms with Gasteiger partial charge in [-0.3, -0.25) is 14.4 Å². The Balaban J connectivity index is 4.34. The summed E-state index contributed by atoms with van der Waals surface area (Å²) in [7, 11) is 0. The first-order chi connectivity index (χ1) is 28.5. The predicted octanol–water partition coefficient (Wildman–Crippen LogP) is 16.6. The van der Waals surface area contributed by atoms with E-state index in [2.05, 4.69) is 32.9 Å². The Bertz CT molecular complexity index is 900. The molecule has 0 aromatic carbocycles. The van der Waals surface area contributed by atoms with Gasteiger partial charge in [-0.25, -0.2) is 0 Å². The lowest BCUT2D eigenvalue weighted by Gasteiger charge is -2.18. The Kier molecular flexibility index (Phi) is 46.3. The Morgan fingerprint density at radius 1 is 0.328 bits per heavy atom. The topological polar surface area (TPSA) is 78.9 Å². The Hall–Kier alpha value is -1.85. The molecule has 342 valence electrons. The highest BCUT2D eigenvalue weighted by Gasteiger charge is 2.19. The molecular weight excluding hydrogens is 721 g/mol. The normalized spacial score (nSPS) is 12.0. The highest BCUT2D eigenvalue weighted by atomic mass is 16.6. The summed E-state index contributed by atoms with van der Waals surface area (Å²) in [5, 5.41) is 0. The van der Waals surface area contributed by atoms with Gasteiger partial charge in [-0.15, -0.1) is 0 Å². The van der Waals surface area contributed by atoms with Crippen molar-refractivity contribution < 1.29 is 28.6 Å². The number of esters is 3. The van der Waals surface area contributed by atoms with E-state index >= 15 is 0 Å². The third-order valence-electron chi connectivity index (χ3n) is 11.5. The van der Waals surface area contributed by atoms with Gasteiger partial charge in [0, 0.05) is 19.3 Å². The zero-order valence-electron chi connectivity index (χ0n) is 39.1. The molecule has 6 heteroatoms. The quantitative estimate of drug-likeness (QED) is 0.0263. The number of hydrogen-bond acceptors (Lipinski definition) is 6. The van der Waals surface area contributed by atoms with E-state index in [9.17, 15) is 14.4 Å². The van der Waals surface area contributed by atoms with Crippen molar-refractivity contribution in [3.05, 3.63) is 12.2 Å². The fraction of sp³-hybridized carbons (Fsp3) is 0.904. The van der Waals surface area contributed by atoms with E-state index in [1.54, 1.807) is 0 Å². The van der Waals surface area contributed by atoms with Crippen LogP contribution in [0.5, 0.6) is 0 Å². The molecule has 0 saturated carbocycles. The first kappa shape index (κ1) is 56.1. The number of hydrogen-bond donors (Lipinski definition) is 0. The van der Waals surface area contributed by atoms with Gasteiger partial charge >= 0.3 is 17.9 Å². The molecule has 0 aliphatic rings. The Morgan fingerprint density at radius 3 is 0.862 bits per heavy atom. The molecule has 6 nitrogen and oxygen atoms in total. The van der Waals surface area contributed by atoms with E-state index in [1.807, 2.05) is 0 Å². The molecule has 0 saturated heterocycles. The zero-order valence-corrected chi connectivity index (χ0v) is 39.1. The number of unbranched alkanes of at least 4 members (excludes halogenated alkanes) is 34. The van der Waals surface area contributed by atoms with Crippen LogP contribution in [0.15, 0.2) is 12.2 Å². The van der Waals surface area contributed by atoms with Crippen LogP contribution in [0.3, 0.4) is 0 Å². The smallest absolute Gasteiger partial charge is 0.306 e. The van der Waals surface area contributed by atoms with E-state index in [4.69, 9.17) is 14.2 Å². The first-order valence-corrected chi connectivity index (χ1v) is 25.7. The number of ether oxygens (including phenoxy) is 3. The second-order valence-corrected chi connectivity index (χ2v) is 17.4. The molecule has 0 spiro atoms. The van der Waals surface area contributed by atoms with Crippen LogP contribution in [0.2, 0.25) is 0 Å². The van der Waals surface area contributed by atoms with Crippen LogP contribution in [0.1, 0.15) is 284 Å². The average Bonchev–Trinajstić information content (AvgIpc) is 3.22. The van der Waals surface area contributed by atoms with E-state index in [1.165, 1.54) is 180 Å². The van der Waals surface area contributed by atoms with Gasteiger partial charge < -0.3 is 14.2 Å². The molecule has 0 aromatic heterocycles. The van der Waals surface area contributed by atoms with Gasteiger partial charge in [-0.05, 0) is 44.9 Å². The van der Waals surface area contributed by atoms with Crippen molar-refractivity contribution in [2.75, 3.05) is 13.2 Å². The fourth-order valence-corrected chi connectivity index (χ4v) is 7.61.